The van der Waals surface area contributed by atoms with Gasteiger partial charge in [0.05, 0.1) is 4.90 Å². The Morgan fingerprint density at radius 2 is 1.78 bits per heavy atom. The Hall–Kier alpha value is -3.19. The van der Waals surface area contributed by atoms with E-state index in [-0.39, 0.29) is 4.90 Å². The van der Waals surface area contributed by atoms with Crippen molar-refractivity contribution in [2.45, 2.75) is 18.4 Å². The molecular weight excluding hydrogens is 364 g/mol. The maximum atomic E-state index is 12.4. The van der Waals surface area contributed by atoms with Crippen LogP contribution in [0.5, 0.6) is 5.75 Å². The van der Waals surface area contributed by atoms with Crippen LogP contribution >= 0.6 is 0 Å². The summed E-state index contributed by atoms with van der Waals surface area (Å²) in [5.41, 5.74) is 1.92. The minimum Gasteiger partial charge on any atom is -0.489 e. The lowest BCUT2D eigenvalue weighted by Gasteiger charge is -2.10. The number of aryl methyl sites for hydroxylation is 1. The molecule has 27 heavy (non-hydrogen) atoms. The summed E-state index contributed by atoms with van der Waals surface area (Å²) >= 11 is 0. The first kappa shape index (κ1) is 18.6. The average molecular weight is 382 g/mol. The number of aromatic nitrogens is 1. The summed E-state index contributed by atoms with van der Waals surface area (Å²) in [6, 6.07) is 16.4. The zero-order valence-corrected chi connectivity index (χ0v) is 15.4. The molecule has 0 fully saturated rings. The third-order valence-corrected chi connectivity index (χ3v) is 5.23. The number of rotatable bonds is 6. The molecule has 2 aromatic carbocycles. The molecule has 0 unspecified atom stereocenters. The summed E-state index contributed by atoms with van der Waals surface area (Å²) in [6.07, 6.45) is 3.37. The van der Waals surface area contributed by atoms with Crippen molar-refractivity contribution < 1.29 is 17.9 Å². The molecule has 0 spiro atoms. The van der Waals surface area contributed by atoms with Crippen molar-refractivity contribution in [1.82, 2.24) is 9.71 Å². The lowest BCUT2D eigenvalue weighted by Crippen LogP contribution is -2.31. The SMILES string of the molecule is Cc1ccccc1C(=O)NS(=O)(=O)c1ccc(OCc2cccnc2)cc1. The predicted octanol–water partition coefficient (Wildman–Crippen LogP) is 3.09. The number of carbonyl (C=O) groups is 1. The van der Waals surface area contributed by atoms with Gasteiger partial charge in [0.2, 0.25) is 0 Å². The van der Waals surface area contributed by atoms with E-state index in [4.69, 9.17) is 4.74 Å². The van der Waals surface area contributed by atoms with Crippen LogP contribution in [0, 0.1) is 6.92 Å². The molecule has 1 aromatic heterocycles. The Labute approximate surface area is 157 Å². The number of ether oxygens (including phenoxy) is 1. The lowest BCUT2D eigenvalue weighted by atomic mass is 10.1. The van der Waals surface area contributed by atoms with Gasteiger partial charge in [0.25, 0.3) is 15.9 Å². The predicted molar refractivity (Wildman–Crippen MR) is 101 cm³/mol. The van der Waals surface area contributed by atoms with E-state index in [1.54, 1.807) is 55.7 Å². The average Bonchev–Trinajstić information content (AvgIpc) is 2.67. The molecule has 1 heterocycles. The maximum absolute atomic E-state index is 12.4. The van der Waals surface area contributed by atoms with Gasteiger partial charge in [-0.1, -0.05) is 24.3 Å². The van der Waals surface area contributed by atoms with Crippen LogP contribution in [-0.2, 0) is 16.6 Å². The third kappa shape index (κ3) is 4.71. The molecule has 0 aliphatic carbocycles. The molecule has 138 valence electrons. The third-order valence-electron chi connectivity index (χ3n) is 3.88. The number of hydrogen-bond donors (Lipinski definition) is 1. The lowest BCUT2D eigenvalue weighted by molar-refractivity contribution is 0.0981. The highest BCUT2D eigenvalue weighted by Gasteiger charge is 2.19. The van der Waals surface area contributed by atoms with Crippen molar-refractivity contribution >= 4 is 15.9 Å². The van der Waals surface area contributed by atoms with Crippen LogP contribution in [-0.4, -0.2) is 19.3 Å². The largest absolute Gasteiger partial charge is 0.489 e. The van der Waals surface area contributed by atoms with E-state index >= 15 is 0 Å². The van der Waals surface area contributed by atoms with E-state index in [0.717, 1.165) is 5.56 Å². The first-order chi connectivity index (χ1) is 13.0. The standard InChI is InChI=1S/C20H18N2O4S/c1-15-5-2-3-7-19(15)20(23)22-27(24,25)18-10-8-17(9-11-18)26-14-16-6-4-12-21-13-16/h2-13H,14H2,1H3,(H,22,23). The molecule has 1 N–H and O–H groups in total. The minimum absolute atomic E-state index is 0.0156. The normalized spacial score (nSPS) is 11.0. The number of nitrogens with one attached hydrogen (secondary N) is 1. The monoisotopic (exact) mass is 382 g/mol. The molecule has 6 nitrogen and oxygen atoms in total. The molecule has 7 heteroatoms. The number of nitrogens with zero attached hydrogens (tertiary/aromatic N) is 1. The topological polar surface area (TPSA) is 85.4 Å². The second-order valence-corrected chi connectivity index (χ2v) is 7.55. The number of hydrogen-bond acceptors (Lipinski definition) is 5. The smallest absolute Gasteiger partial charge is 0.265 e. The van der Waals surface area contributed by atoms with Crippen LogP contribution in [0.1, 0.15) is 21.5 Å². The van der Waals surface area contributed by atoms with E-state index in [1.165, 1.54) is 12.1 Å². The second kappa shape index (κ2) is 8.01. The van der Waals surface area contributed by atoms with Crippen molar-refractivity contribution in [2.24, 2.45) is 0 Å². The first-order valence-electron chi connectivity index (χ1n) is 8.20. The van der Waals surface area contributed by atoms with Crippen LogP contribution in [0.15, 0.2) is 78.0 Å². The van der Waals surface area contributed by atoms with E-state index in [0.29, 0.717) is 23.5 Å². The maximum Gasteiger partial charge on any atom is 0.265 e. The molecule has 0 aliphatic heterocycles. The van der Waals surface area contributed by atoms with E-state index in [1.807, 2.05) is 12.1 Å². The Bertz CT molecular complexity index is 1030. The summed E-state index contributed by atoms with van der Waals surface area (Å²) in [5.74, 6) is -0.145. The number of carbonyl (C=O) groups excluding carboxylic acids is 1. The molecule has 1 amide bonds. The van der Waals surface area contributed by atoms with Gasteiger partial charge in [-0.15, -0.1) is 0 Å². The zero-order valence-electron chi connectivity index (χ0n) is 14.6. The molecule has 0 radical (unpaired) electrons. The fourth-order valence-electron chi connectivity index (χ4n) is 2.43. The first-order valence-corrected chi connectivity index (χ1v) is 9.68. The van der Waals surface area contributed by atoms with Gasteiger partial charge in [-0.2, -0.15) is 0 Å². The Balaban J connectivity index is 1.68. The number of amides is 1. The van der Waals surface area contributed by atoms with Gasteiger partial charge in [-0.25, -0.2) is 13.1 Å². The van der Waals surface area contributed by atoms with Gasteiger partial charge >= 0.3 is 0 Å². The summed E-state index contributed by atoms with van der Waals surface area (Å²) in [4.78, 5) is 16.2. The summed E-state index contributed by atoms with van der Waals surface area (Å²) in [7, 11) is -3.97. The van der Waals surface area contributed by atoms with Crippen molar-refractivity contribution in [2.75, 3.05) is 0 Å². The van der Waals surface area contributed by atoms with Gasteiger partial charge in [-0.05, 0) is 48.9 Å². The molecule has 0 saturated carbocycles. The van der Waals surface area contributed by atoms with Crippen LogP contribution in [0.3, 0.4) is 0 Å². The van der Waals surface area contributed by atoms with Crippen molar-refractivity contribution in [3.8, 4) is 5.75 Å². The Morgan fingerprint density at radius 1 is 1.04 bits per heavy atom. The fourth-order valence-corrected chi connectivity index (χ4v) is 3.40. The summed E-state index contributed by atoms with van der Waals surface area (Å²) < 4.78 is 32.6. The number of pyridine rings is 1. The highest BCUT2D eigenvalue weighted by Crippen LogP contribution is 2.18. The second-order valence-electron chi connectivity index (χ2n) is 5.87. The van der Waals surface area contributed by atoms with Crippen LogP contribution < -0.4 is 9.46 Å². The highest BCUT2D eigenvalue weighted by atomic mass is 32.2. The van der Waals surface area contributed by atoms with Gasteiger partial charge < -0.3 is 4.74 Å². The zero-order chi connectivity index (χ0) is 19.3. The molecule has 0 bridgehead atoms. The highest BCUT2D eigenvalue weighted by molar-refractivity contribution is 7.90. The molecule has 3 rings (SSSR count). The molecular formula is C20H18N2O4S. The Morgan fingerprint density at radius 3 is 2.44 bits per heavy atom. The van der Waals surface area contributed by atoms with Crippen LogP contribution in [0.2, 0.25) is 0 Å². The molecule has 0 aliphatic rings. The van der Waals surface area contributed by atoms with Crippen molar-refractivity contribution in [1.29, 1.82) is 0 Å². The van der Waals surface area contributed by atoms with Crippen molar-refractivity contribution in [3.63, 3.8) is 0 Å². The minimum atomic E-state index is -3.97. The molecule has 0 saturated heterocycles. The molecule has 0 atom stereocenters. The van der Waals surface area contributed by atoms with Gasteiger partial charge in [-0.3, -0.25) is 9.78 Å². The van der Waals surface area contributed by atoms with E-state index < -0.39 is 15.9 Å². The molecule has 3 aromatic rings. The van der Waals surface area contributed by atoms with E-state index in [9.17, 15) is 13.2 Å². The van der Waals surface area contributed by atoms with Gasteiger partial charge in [0.1, 0.15) is 12.4 Å². The van der Waals surface area contributed by atoms with Gasteiger partial charge in [0.15, 0.2) is 0 Å². The Kier molecular flexibility index (Phi) is 5.52. The van der Waals surface area contributed by atoms with E-state index in [2.05, 4.69) is 9.71 Å². The van der Waals surface area contributed by atoms with Crippen molar-refractivity contribution in [3.05, 3.63) is 89.7 Å². The summed E-state index contributed by atoms with van der Waals surface area (Å²) in [5, 5.41) is 0. The van der Waals surface area contributed by atoms with Crippen LogP contribution in [0.4, 0.5) is 0 Å². The van der Waals surface area contributed by atoms with Gasteiger partial charge in [0, 0.05) is 23.5 Å². The quantitative estimate of drug-likeness (QED) is 0.708. The van der Waals surface area contributed by atoms with Crippen LogP contribution in [0.25, 0.3) is 0 Å². The fraction of sp³-hybridized carbons (Fsp3) is 0.100. The number of benzene rings is 2. The number of sulfonamides is 1. The summed E-state index contributed by atoms with van der Waals surface area (Å²) in [6.45, 7) is 2.07.